The molecule has 1 fully saturated rings. The van der Waals surface area contributed by atoms with Gasteiger partial charge in [0.15, 0.2) is 0 Å². The molecule has 0 aliphatic carbocycles. The van der Waals surface area contributed by atoms with E-state index in [4.69, 9.17) is 10.5 Å². The highest BCUT2D eigenvalue weighted by atomic mass is 19.1. The molecule has 5 amide bonds. The Kier molecular flexibility index (Phi) is 10.4. The molecule has 2 rings (SSSR count). The Morgan fingerprint density at radius 2 is 1.69 bits per heavy atom. The summed E-state index contributed by atoms with van der Waals surface area (Å²) >= 11 is 0. The molecule has 0 spiro atoms. The molecule has 0 bridgehead atoms. The molecule has 1 heterocycles. The van der Waals surface area contributed by atoms with Gasteiger partial charge < -0.3 is 31.7 Å². The summed E-state index contributed by atoms with van der Waals surface area (Å²) in [7, 11) is 0. The Balaban J connectivity index is 2.28. The molecule has 12 heteroatoms. The molecule has 1 aliphatic heterocycles. The quantitative estimate of drug-likeness (QED) is 0.295. The van der Waals surface area contributed by atoms with Crippen molar-refractivity contribution in [3.63, 3.8) is 0 Å². The number of primary amides is 1. The van der Waals surface area contributed by atoms with Crippen LogP contribution in [0.4, 0.5) is 9.18 Å². The molecule has 0 saturated carbocycles. The summed E-state index contributed by atoms with van der Waals surface area (Å²) in [5.41, 5.74) is 4.33. The number of amides is 5. The predicted octanol–water partition coefficient (Wildman–Crippen LogP) is 1.29. The number of nitrogens with one attached hydrogen (secondary N) is 4. The highest BCUT2D eigenvalue weighted by molar-refractivity contribution is 5.94. The van der Waals surface area contributed by atoms with E-state index in [1.54, 1.807) is 47.6 Å². The summed E-state index contributed by atoms with van der Waals surface area (Å²) in [5, 5.41) is 10.4. The molecule has 1 aromatic rings. The van der Waals surface area contributed by atoms with E-state index >= 15 is 0 Å². The van der Waals surface area contributed by atoms with Crippen molar-refractivity contribution in [1.82, 2.24) is 21.3 Å². The first kappa shape index (κ1) is 31.5. The Bertz CT molecular complexity index is 1080. The lowest BCUT2D eigenvalue weighted by Crippen LogP contribution is -2.60. The molecule has 1 unspecified atom stereocenters. The van der Waals surface area contributed by atoms with Crippen molar-refractivity contribution in [3.8, 4) is 0 Å². The number of alkyl carbamates (subject to hydrolysis) is 1. The van der Waals surface area contributed by atoms with E-state index in [1.807, 2.05) is 0 Å². The molecule has 1 aromatic carbocycles. The zero-order chi connectivity index (χ0) is 29.5. The number of rotatable bonds is 10. The van der Waals surface area contributed by atoms with Gasteiger partial charge in [-0.15, -0.1) is 0 Å². The second kappa shape index (κ2) is 12.9. The van der Waals surface area contributed by atoms with Crippen molar-refractivity contribution in [2.24, 2.45) is 17.1 Å². The first-order valence-electron chi connectivity index (χ1n) is 12.9. The van der Waals surface area contributed by atoms with Crippen LogP contribution in [-0.2, 0) is 30.3 Å². The van der Waals surface area contributed by atoms with Gasteiger partial charge in [-0.25, -0.2) is 9.18 Å². The van der Waals surface area contributed by atoms with Crippen LogP contribution in [-0.4, -0.2) is 60.0 Å². The average Bonchev–Trinajstić information content (AvgIpc) is 3.18. The second-order valence-electron chi connectivity index (χ2n) is 11.8. The van der Waals surface area contributed by atoms with E-state index in [1.165, 1.54) is 18.2 Å². The van der Waals surface area contributed by atoms with E-state index in [0.29, 0.717) is 18.5 Å². The summed E-state index contributed by atoms with van der Waals surface area (Å²) in [6.07, 6.45) is -0.440. The monoisotopic (exact) mass is 549 g/mol. The highest BCUT2D eigenvalue weighted by Crippen LogP contribution is 2.21. The van der Waals surface area contributed by atoms with Gasteiger partial charge in [0.1, 0.15) is 29.5 Å². The molecule has 39 heavy (non-hydrogen) atoms. The fourth-order valence-corrected chi connectivity index (χ4v) is 4.14. The van der Waals surface area contributed by atoms with Gasteiger partial charge in [0.05, 0.1) is 0 Å². The van der Waals surface area contributed by atoms with Gasteiger partial charge >= 0.3 is 6.09 Å². The smallest absolute Gasteiger partial charge is 0.408 e. The number of ether oxygens (including phenoxy) is 1. The number of carbonyl (C=O) groups excluding carboxylic acids is 5. The van der Waals surface area contributed by atoms with Gasteiger partial charge in [-0.1, -0.05) is 32.9 Å². The van der Waals surface area contributed by atoms with E-state index in [2.05, 4.69) is 21.3 Å². The molecular formula is C27H40FN5O6. The summed E-state index contributed by atoms with van der Waals surface area (Å²) in [6.45, 7) is 10.7. The molecule has 216 valence electrons. The topological polar surface area (TPSA) is 169 Å². The minimum atomic E-state index is -1.26. The van der Waals surface area contributed by atoms with Crippen LogP contribution in [0.1, 0.15) is 59.9 Å². The minimum absolute atomic E-state index is 0.00163. The zero-order valence-corrected chi connectivity index (χ0v) is 23.4. The lowest BCUT2D eigenvalue weighted by Gasteiger charge is -2.32. The highest BCUT2D eigenvalue weighted by Gasteiger charge is 2.37. The molecule has 1 aliphatic rings. The van der Waals surface area contributed by atoms with Crippen molar-refractivity contribution in [1.29, 1.82) is 0 Å². The van der Waals surface area contributed by atoms with Crippen LogP contribution in [0.25, 0.3) is 0 Å². The number of hydrogen-bond donors (Lipinski definition) is 5. The maximum Gasteiger partial charge on any atom is 0.408 e. The summed E-state index contributed by atoms with van der Waals surface area (Å²) < 4.78 is 19.2. The first-order chi connectivity index (χ1) is 18.0. The van der Waals surface area contributed by atoms with Crippen LogP contribution in [0.2, 0.25) is 0 Å². The molecular weight excluding hydrogens is 509 g/mol. The Labute approximate surface area is 228 Å². The third-order valence-electron chi connectivity index (χ3n) is 6.09. The number of hydrogen-bond acceptors (Lipinski definition) is 6. The largest absolute Gasteiger partial charge is 0.444 e. The van der Waals surface area contributed by atoms with Crippen molar-refractivity contribution < 1.29 is 33.1 Å². The standard InChI is InChI=1S/C27H40FN5O6/c1-26(2,3)20(33-25(38)39-27(4,5)6)24(37)32-19(13-15-8-7-9-17(28)12-15)23(36)31-18(21(29)34)14-16-10-11-30-22(16)35/h7-9,12,16,18-20H,10-11,13-14H2,1-6H3,(H2,29,34)(H,30,35)(H,31,36)(H,32,37)(H,33,38)/t16?,18-,19-,20+/m0/s1. The van der Waals surface area contributed by atoms with Crippen molar-refractivity contribution in [2.75, 3.05) is 6.54 Å². The third-order valence-corrected chi connectivity index (χ3v) is 6.09. The maximum atomic E-state index is 13.9. The van der Waals surface area contributed by atoms with Gasteiger partial charge in [-0.2, -0.15) is 0 Å². The number of nitrogens with two attached hydrogens (primary N) is 1. The molecule has 0 aromatic heterocycles. The van der Waals surface area contributed by atoms with Crippen molar-refractivity contribution >= 4 is 29.7 Å². The van der Waals surface area contributed by atoms with Gasteiger partial charge in [0.25, 0.3) is 0 Å². The molecule has 1 saturated heterocycles. The summed E-state index contributed by atoms with van der Waals surface area (Å²) in [4.78, 5) is 63.4. The lowest BCUT2D eigenvalue weighted by atomic mass is 9.86. The van der Waals surface area contributed by atoms with Crippen molar-refractivity contribution in [3.05, 3.63) is 35.6 Å². The molecule has 6 N–H and O–H groups in total. The van der Waals surface area contributed by atoms with Crippen LogP contribution < -0.4 is 27.0 Å². The molecule has 0 radical (unpaired) electrons. The van der Waals surface area contributed by atoms with Crippen LogP contribution in [0.3, 0.4) is 0 Å². The van der Waals surface area contributed by atoms with Crippen LogP contribution in [0.15, 0.2) is 24.3 Å². The Morgan fingerprint density at radius 3 is 2.21 bits per heavy atom. The number of carbonyl (C=O) groups is 5. The fraction of sp³-hybridized carbons (Fsp3) is 0.593. The fourth-order valence-electron chi connectivity index (χ4n) is 4.14. The van der Waals surface area contributed by atoms with Crippen LogP contribution >= 0.6 is 0 Å². The zero-order valence-electron chi connectivity index (χ0n) is 23.4. The van der Waals surface area contributed by atoms with Gasteiger partial charge in [-0.3, -0.25) is 19.2 Å². The molecule has 11 nitrogen and oxygen atoms in total. The van der Waals surface area contributed by atoms with Crippen molar-refractivity contribution in [2.45, 2.75) is 84.5 Å². The third kappa shape index (κ3) is 10.2. The maximum absolute atomic E-state index is 13.9. The van der Waals surface area contributed by atoms with E-state index in [-0.39, 0.29) is 18.7 Å². The van der Waals surface area contributed by atoms with Gasteiger partial charge in [0, 0.05) is 18.9 Å². The number of benzene rings is 1. The first-order valence-corrected chi connectivity index (χ1v) is 12.9. The van der Waals surface area contributed by atoms with E-state index in [0.717, 1.165) is 0 Å². The van der Waals surface area contributed by atoms with Crippen LogP contribution in [0.5, 0.6) is 0 Å². The Hall–Kier alpha value is -3.70. The summed E-state index contributed by atoms with van der Waals surface area (Å²) in [5.74, 6) is -3.53. The minimum Gasteiger partial charge on any atom is -0.444 e. The van der Waals surface area contributed by atoms with Gasteiger partial charge in [-0.05, 0) is 56.7 Å². The van der Waals surface area contributed by atoms with Gasteiger partial charge in [0.2, 0.25) is 23.6 Å². The summed E-state index contributed by atoms with van der Waals surface area (Å²) in [6, 6.07) is 1.98. The van der Waals surface area contributed by atoms with Crippen LogP contribution in [0, 0.1) is 17.2 Å². The average molecular weight is 550 g/mol. The molecule has 4 atom stereocenters. The predicted molar refractivity (Wildman–Crippen MR) is 142 cm³/mol. The number of halogens is 1. The van der Waals surface area contributed by atoms with E-state index in [9.17, 15) is 28.4 Å². The normalized spacial score (nSPS) is 17.8. The second-order valence-corrected chi connectivity index (χ2v) is 11.8. The Morgan fingerprint density at radius 1 is 1.05 bits per heavy atom. The lowest BCUT2D eigenvalue weighted by molar-refractivity contribution is -0.133. The SMILES string of the molecule is CC(C)(C)OC(=O)N[C@H](C(=O)N[C@@H](Cc1cccc(F)c1)C(=O)N[C@@H](CC1CCNC1=O)C(N)=O)C(C)(C)C. The van der Waals surface area contributed by atoms with E-state index < -0.39 is 64.7 Å².